The number of carbonyl (C=O) groups is 2. The van der Waals surface area contributed by atoms with Crippen molar-refractivity contribution in [1.29, 1.82) is 0 Å². The fourth-order valence-electron chi connectivity index (χ4n) is 3.36. The topological polar surface area (TPSA) is 86.8 Å². The van der Waals surface area contributed by atoms with E-state index in [2.05, 4.69) is 5.32 Å². The average molecular weight is 478 g/mol. The molecule has 7 nitrogen and oxygen atoms in total. The molecule has 0 unspecified atom stereocenters. The number of aryl methyl sites for hydroxylation is 2. The molecule has 0 aliphatic rings. The molecule has 0 heterocycles. The van der Waals surface area contributed by atoms with E-state index >= 15 is 0 Å². The van der Waals surface area contributed by atoms with E-state index in [0.717, 1.165) is 16.1 Å². The Morgan fingerprint density at radius 1 is 1.03 bits per heavy atom. The molecule has 2 rings (SSSR count). The predicted molar refractivity (Wildman–Crippen MR) is 128 cm³/mol. The van der Waals surface area contributed by atoms with Crippen LogP contribution >= 0.6 is 0 Å². The van der Waals surface area contributed by atoms with Crippen molar-refractivity contribution in [2.24, 2.45) is 0 Å². The van der Waals surface area contributed by atoms with Crippen molar-refractivity contribution in [2.45, 2.75) is 53.2 Å². The third kappa shape index (κ3) is 7.28. The van der Waals surface area contributed by atoms with Crippen LogP contribution in [0.4, 0.5) is 10.1 Å². The van der Waals surface area contributed by atoms with Crippen molar-refractivity contribution in [2.75, 3.05) is 17.1 Å². The van der Waals surface area contributed by atoms with Crippen LogP contribution in [0.15, 0.2) is 42.5 Å². The molecule has 0 spiro atoms. The first-order valence-electron chi connectivity index (χ1n) is 10.7. The predicted octanol–water partition coefficient (Wildman–Crippen LogP) is 3.15. The second kappa shape index (κ2) is 10.8. The van der Waals surface area contributed by atoms with Gasteiger partial charge in [-0.15, -0.1) is 0 Å². The van der Waals surface area contributed by atoms with Crippen LogP contribution in [-0.2, 0) is 26.2 Å². The number of hydrogen-bond donors (Lipinski definition) is 1. The Hall–Kier alpha value is -2.94. The number of hydrogen-bond acceptors (Lipinski definition) is 4. The first kappa shape index (κ1) is 26.3. The van der Waals surface area contributed by atoms with Crippen molar-refractivity contribution in [3.63, 3.8) is 0 Å². The number of carbonyl (C=O) groups excluding carboxylic acids is 2. The molecule has 33 heavy (non-hydrogen) atoms. The Morgan fingerprint density at radius 2 is 1.64 bits per heavy atom. The van der Waals surface area contributed by atoms with Crippen LogP contribution in [-0.4, -0.2) is 50.0 Å². The van der Waals surface area contributed by atoms with Gasteiger partial charge in [0.1, 0.15) is 18.4 Å². The molecule has 0 bridgehead atoms. The number of amides is 2. The highest BCUT2D eigenvalue weighted by Gasteiger charge is 2.30. The monoisotopic (exact) mass is 477 g/mol. The summed E-state index contributed by atoms with van der Waals surface area (Å²) in [5.41, 5.74) is 2.58. The minimum absolute atomic E-state index is 0.0240. The van der Waals surface area contributed by atoms with E-state index in [-0.39, 0.29) is 18.5 Å². The molecule has 1 N–H and O–H groups in total. The smallest absolute Gasteiger partial charge is 0.244 e. The molecule has 9 heteroatoms. The standard InChI is InChI=1S/C24H32FN3O4S/c1-16(2)26-24(30)19(5)27(14-20-9-11-21(25)12-10-20)23(29)15-28(33(6,31)32)22-13-17(3)7-8-18(22)4/h7-13,16,19H,14-15H2,1-6H3,(H,26,30)/t19-/m1/s1. The quantitative estimate of drug-likeness (QED) is 0.601. The van der Waals surface area contributed by atoms with E-state index < -0.39 is 34.3 Å². The molecule has 180 valence electrons. The second-order valence-corrected chi connectivity index (χ2v) is 10.5. The normalized spacial score (nSPS) is 12.4. The van der Waals surface area contributed by atoms with Gasteiger partial charge in [0.2, 0.25) is 21.8 Å². The van der Waals surface area contributed by atoms with Gasteiger partial charge < -0.3 is 10.2 Å². The third-order valence-corrected chi connectivity index (χ3v) is 6.30. The molecule has 2 amide bonds. The highest BCUT2D eigenvalue weighted by atomic mass is 32.2. The number of halogens is 1. The minimum atomic E-state index is -3.79. The molecule has 0 saturated carbocycles. The van der Waals surface area contributed by atoms with Crippen molar-refractivity contribution in [1.82, 2.24) is 10.2 Å². The zero-order valence-electron chi connectivity index (χ0n) is 19.9. The van der Waals surface area contributed by atoms with Gasteiger partial charge in [-0.3, -0.25) is 13.9 Å². The summed E-state index contributed by atoms with van der Waals surface area (Å²) in [7, 11) is -3.79. The molecular weight excluding hydrogens is 445 g/mol. The van der Waals surface area contributed by atoms with Gasteiger partial charge in [-0.2, -0.15) is 0 Å². The zero-order valence-corrected chi connectivity index (χ0v) is 20.7. The highest BCUT2D eigenvalue weighted by molar-refractivity contribution is 7.92. The van der Waals surface area contributed by atoms with Gasteiger partial charge in [0.05, 0.1) is 11.9 Å². The van der Waals surface area contributed by atoms with Crippen LogP contribution in [0, 0.1) is 19.7 Å². The maximum Gasteiger partial charge on any atom is 0.244 e. The summed E-state index contributed by atoms with van der Waals surface area (Å²) in [5, 5.41) is 2.78. The molecule has 0 saturated heterocycles. The van der Waals surface area contributed by atoms with Crippen molar-refractivity contribution >= 4 is 27.5 Å². The van der Waals surface area contributed by atoms with Crippen molar-refractivity contribution in [3.8, 4) is 0 Å². The van der Waals surface area contributed by atoms with Gasteiger partial charge >= 0.3 is 0 Å². The lowest BCUT2D eigenvalue weighted by atomic mass is 10.1. The molecule has 0 aliphatic heterocycles. The lowest BCUT2D eigenvalue weighted by molar-refractivity contribution is -0.139. The lowest BCUT2D eigenvalue weighted by Crippen LogP contribution is -2.52. The number of rotatable bonds is 9. The maximum absolute atomic E-state index is 13.4. The second-order valence-electron chi connectivity index (χ2n) is 8.55. The Morgan fingerprint density at radius 3 is 2.18 bits per heavy atom. The van der Waals surface area contributed by atoms with Crippen LogP contribution in [0.25, 0.3) is 0 Å². The van der Waals surface area contributed by atoms with Crippen LogP contribution in [0.5, 0.6) is 0 Å². The van der Waals surface area contributed by atoms with E-state index in [1.54, 1.807) is 26.0 Å². The highest BCUT2D eigenvalue weighted by Crippen LogP contribution is 2.24. The van der Waals surface area contributed by atoms with Gasteiger partial charge in [-0.05, 0) is 69.5 Å². The van der Waals surface area contributed by atoms with E-state index in [1.807, 2.05) is 26.8 Å². The molecule has 0 aliphatic carbocycles. The van der Waals surface area contributed by atoms with E-state index in [1.165, 1.54) is 29.2 Å². The Labute approximate surface area is 195 Å². The van der Waals surface area contributed by atoms with Crippen molar-refractivity contribution < 1.29 is 22.4 Å². The zero-order chi connectivity index (χ0) is 24.9. The Bertz CT molecular complexity index is 1100. The van der Waals surface area contributed by atoms with E-state index in [9.17, 15) is 22.4 Å². The number of sulfonamides is 1. The summed E-state index contributed by atoms with van der Waals surface area (Å²) >= 11 is 0. The Balaban J connectivity index is 2.42. The summed E-state index contributed by atoms with van der Waals surface area (Å²) in [4.78, 5) is 27.5. The summed E-state index contributed by atoms with van der Waals surface area (Å²) in [6, 6.07) is 9.97. The third-order valence-electron chi connectivity index (χ3n) is 5.18. The van der Waals surface area contributed by atoms with Crippen LogP contribution in [0.1, 0.15) is 37.5 Å². The fourth-order valence-corrected chi connectivity index (χ4v) is 4.26. The largest absolute Gasteiger partial charge is 0.352 e. The lowest BCUT2D eigenvalue weighted by Gasteiger charge is -2.32. The summed E-state index contributed by atoms with van der Waals surface area (Å²) in [6.07, 6.45) is 1.04. The van der Waals surface area contributed by atoms with Crippen molar-refractivity contribution in [3.05, 3.63) is 65.0 Å². The summed E-state index contributed by atoms with van der Waals surface area (Å²) in [6.45, 7) is 8.36. The first-order chi connectivity index (χ1) is 15.3. The summed E-state index contributed by atoms with van der Waals surface area (Å²) < 4.78 is 39.7. The van der Waals surface area contributed by atoms with Gasteiger partial charge in [0.15, 0.2) is 0 Å². The molecule has 2 aromatic rings. The molecule has 2 aromatic carbocycles. The molecule has 1 atom stereocenters. The minimum Gasteiger partial charge on any atom is -0.352 e. The number of benzene rings is 2. The average Bonchev–Trinajstić information content (AvgIpc) is 2.71. The summed E-state index contributed by atoms with van der Waals surface area (Å²) in [5.74, 6) is -1.32. The molecule has 0 radical (unpaired) electrons. The SMILES string of the molecule is Cc1ccc(C)c(N(CC(=O)N(Cc2ccc(F)cc2)[C@H](C)C(=O)NC(C)C)S(C)(=O)=O)c1. The van der Waals surface area contributed by atoms with Gasteiger partial charge in [0.25, 0.3) is 0 Å². The maximum atomic E-state index is 13.4. The van der Waals surface area contributed by atoms with Crippen LogP contribution < -0.4 is 9.62 Å². The number of nitrogens with one attached hydrogen (secondary N) is 1. The fraction of sp³-hybridized carbons (Fsp3) is 0.417. The molecular formula is C24H32FN3O4S. The van der Waals surface area contributed by atoms with Crippen LogP contribution in [0.2, 0.25) is 0 Å². The van der Waals surface area contributed by atoms with Gasteiger partial charge in [-0.1, -0.05) is 24.3 Å². The first-order valence-corrected chi connectivity index (χ1v) is 12.5. The van der Waals surface area contributed by atoms with E-state index in [4.69, 9.17) is 0 Å². The van der Waals surface area contributed by atoms with Gasteiger partial charge in [-0.25, -0.2) is 12.8 Å². The number of nitrogens with zero attached hydrogens (tertiary/aromatic N) is 2. The molecule has 0 aromatic heterocycles. The molecule has 0 fully saturated rings. The van der Waals surface area contributed by atoms with E-state index in [0.29, 0.717) is 16.8 Å². The van der Waals surface area contributed by atoms with Crippen LogP contribution in [0.3, 0.4) is 0 Å². The van der Waals surface area contributed by atoms with Gasteiger partial charge in [0, 0.05) is 12.6 Å². The Kier molecular flexibility index (Phi) is 8.60. The number of anilines is 1.